The fourth-order valence-corrected chi connectivity index (χ4v) is 3.43. The van der Waals surface area contributed by atoms with Gasteiger partial charge in [-0.2, -0.15) is 0 Å². The van der Waals surface area contributed by atoms with Crippen molar-refractivity contribution in [3.05, 3.63) is 77.4 Å². The lowest BCUT2D eigenvalue weighted by molar-refractivity contribution is -0.107. The first-order valence-electron chi connectivity index (χ1n) is 7.67. The lowest BCUT2D eigenvalue weighted by Crippen LogP contribution is -2.10. The van der Waals surface area contributed by atoms with Crippen LogP contribution in [0, 0.1) is 5.82 Å². The third-order valence-corrected chi connectivity index (χ3v) is 4.72. The highest BCUT2D eigenvalue weighted by molar-refractivity contribution is 8.27. The standard InChI is InChI=1S/C19H13FN2O2S/c20-14-7-5-12(6-8-14)10-22-11-13(15-3-1-2-4-17(15)22)9-16-18(23)25-19(24)21-16/h1-9,11H,10H2,(H,21,24). The Morgan fingerprint density at radius 2 is 1.84 bits per heavy atom. The van der Waals surface area contributed by atoms with E-state index in [1.165, 1.54) is 12.1 Å². The van der Waals surface area contributed by atoms with Crippen LogP contribution in [0.15, 0.2) is 60.4 Å². The highest BCUT2D eigenvalue weighted by atomic mass is 32.2. The molecule has 0 bridgehead atoms. The van der Waals surface area contributed by atoms with Crippen molar-refractivity contribution in [3.63, 3.8) is 0 Å². The van der Waals surface area contributed by atoms with Crippen molar-refractivity contribution in [2.75, 3.05) is 0 Å². The van der Waals surface area contributed by atoms with Crippen molar-refractivity contribution in [3.8, 4) is 0 Å². The topological polar surface area (TPSA) is 51.1 Å². The van der Waals surface area contributed by atoms with E-state index in [0.717, 1.165) is 22.0 Å². The summed E-state index contributed by atoms with van der Waals surface area (Å²) in [6.07, 6.45) is 3.63. The van der Waals surface area contributed by atoms with Crippen LogP contribution in [0.4, 0.5) is 9.18 Å². The van der Waals surface area contributed by atoms with Gasteiger partial charge in [0.15, 0.2) is 0 Å². The molecule has 0 saturated carbocycles. The zero-order valence-corrected chi connectivity index (χ0v) is 13.8. The van der Waals surface area contributed by atoms with Gasteiger partial charge in [0.2, 0.25) is 5.12 Å². The van der Waals surface area contributed by atoms with Gasteiger partial charge in [0.1, 0.15) is 5.82 Å². The molecule has 2 heterocycles. The summed E-state index contributed by atoms with van der Waals surface area (Å²) in [5.74, 6) is -0.264. The van der Waals surface area contributed by atoms with Gasteiger partial charge in [-0.15, -0.1) is 0 Å². The van der Waals surface area contributed by atoms with Crippen LogP contribution in [0.5, 0.6) is 0 Å². The normalized spacial score (nSPS) is 16.0. The average molecular weight is 352 g/mol. The Labute approximate surface area is 147 Å². The Bertz CT molecular complexity index is 1020. The van der Waals surface area contributed by atoms with E-state index in [-0.39, 0.29) is 16.2 Å². The number of benzene rings is 2. The van der Waals surface area contributed by atoms with Gasteiger partial charge in [-0.1, -0.05) is 30.3 Å². The maximum Gasteiger partial charge on any atom is 0.291 e. The number of halogens is 1. The van der Waals surface area contributed by atoms with E-state index in [4.69, 9.17) is 0 Å². The molecule has 0 radical (unpaired) electrons. The van der Waals surface area contributed by atoms with Gasteiger partial charge in [0.05, 0.1) is 5.70 Å². The van der Waals surface area contributed by atoms with Crippen LogP contribution in [0.25, 0.3) is 17.0 Å². The molecular weight excluding hydrogens is 339 g/mol. The number of hydrogen-bond acceptors (Lipinski definition) is 3. The molecule has 1 fully saturated rings. The number of fused-ring (bicyclic) bond motifs is 1. The molecule has 0 atom stereocenters. The molecule has 0 unspecified atom stereocenters. The van der Waals surface area contributed by atoms with Gasteiger partial charge in [-0.3, -0.25) is 9.59 Å². The minimum absolute atomic E-state index is 0.264. The summed E-state index contributed by atoms with van der Waals surface area (Å²) in [5.41, 5.74) is 3.12. The number of amides is 1. The van der Waals surface area contributed by atoms with Gasteiger partial charge in [0.25, 0.3) is 5.24 Å². The minimum Gasteiger partial charge on any atom is -0.342 e. The number of carbonyl (C=O) groups is 2. The predicted octanol–water partition coefficient (Wildman–Crippen LogP) is 4.15. The number of hydrogen-bond donors (Lipinski definition) is 1. The molecule has 0 aliphatic carbocycles. The Kier molecular flexibility index (Phi) is 3.89. The predicted molar refractivity (Wildman–Crippen MR) is 96.5 cm³/mol. The summed E-state index contributed by atoms with van der Waals surface area (Å²) in [6, 6.07) is 14.2. The van der Waals surface area contributed by atoms with E-state index in [1.807, 2.05) is 35.0 Å². The molecule has 1 aromatic heterocycles. The fraction of sp³-hybridized carbons (Fsp3) is 0.0526. The van der Waals surface area contributed by atoms with E-state index in [1.54, 1.807) is 18.2 Å². The minimum atomic E-state index is -0.355. The molecule has 4 rings (SSSR count). The molecule has 1 aliphatic heterocycles. The summed E-state index contributed by atoms with van der Waals surface area (Å²) in [5, 5.41) is 2.92. The Morgan fingerprint density at radius 3 is 2.56 bits per heavy atom. The van der Waals surface area contributed by atoms with Crippen LogP contribution in [0.3, 0.4) is 0 Å². The van der Waals surface area contributed by atoms with Crippen molar-refractivity contribution in [2.24, 2.45) is 0 Å². The molecule has 1 saturated heterocycles. The highest BCUT2D eigenvalue weighted by Gasteiger charge is 2.25. The van der Waals surface area contributed by atoms with Crippen LogP contribution in [0.2, 0.25) is 0 Å². The molecule has 1 aliphatic rings. The van der Waals surface area contributed by atoms with Crippen molar-refractivity contribution in [2.45, 2.75) is 6.54 Å². The summed E-state index contributed by atoms with van der Waals surface area (Å²) in [7, 11) is 0. The molecule has 124 valence electrons. The molecule has 1 amide bonds. The number of carbonyl (C=O) groups excluding carboxylic acids is 2. The molecule has 6 heteroatoms. The number of aromatic nitrogens is 1. The second-order valence-electron chi connectivity index (χ2n) is 5.72. The number of nitrogens with zero attached hydrogens (tertiary/aromatic N) is 1. The van der Waals surface area contributed by atoms with E-state index in [0.29, 0.717) is 24.0 Å². The molecule has 25 heavy (non-hydrogen) atoms. The SMILES string of the molecule is O=C1NC(=Cc2cn(Cc3ccc(F)cc3)c3ccccc23)C(=O)S1. The van der Waals surface area contributed by atoms with Crippen molar-refractivity contribution < 1.29 is 14.0 Å². The Hall–Kier alpha value is -2.86. The maximum atomic E-state index is 13.1. The molecule has 2 aromatic carbocycles. The Balaban J connectivity index is 1.76. The molecular formula is C19H13FN2O2S. The molecule has 0 spiro atoms. The second-order valence-corrected chi connectivity index (χ2v) is 6.66. The first-order valence-corrected chi connectivity index (χ1v) is 8.49. The first kappa shape index (κ1) is 15.7. The van der Waals surface area contributed by atoms with E-state index < -0.39 is 0 Å². The van der Waals surface area contributed by atoms with Gasteiger partial charge in [-0.25, -0.2) is 4.39 Å². The first-order chi connectivity index (χ1) is 12.1. The van der Waals surface area contributed by atoms with Gasteiger partial charge < -0.3 is 9.88 Å². The van der Waals surface area contributed by atoms with Crippen molar-refractivity contribution in [1.82, 2.24) is 9.88 Å². The van der Waals surface area contributed by atoms with Gasteiger partial charge in [-0.05, 0) is 29.8 Å². The summed E-state index contributed by atoms with van der Waals surface area (Å²) < 4.78 is 15.1. The van der Waals surface area contributed by atoms with E-state index >= 15 is 0 Å². The summed E-state index contributed by atoms with van der Waals surface area (Å²) >= 11 is 0.664. The monoisotopic (exact) mass is 352 g/mol. The zero-order valence-electron chi connectivity index (χ0n) is 13.0. The largest absolute Gasteiger partial charge is 0.342 e. The number of para-hydroxylation sites is 1. The zero-order chi connectivity index (χ0) is 17.4. The van der Waals surface area contributed by atoms with Crippen molar-refractivity contribution >= 4 is 39.1 Å². The van der Waals surface area contributed by atoms with Gasteiger partial charge >= 0.3 is 0 Å². The van der Waals surface area contributed by atoms with E-state index in [2.05, 4.69) is 5.32 Å². The van der Waals surface area contributed by atoms with Crippen LogP contribution in [0.1, 0.15) is 11.1 Å². The fourth-order valence-electron chi connectivity index (χ4n) is 2.88. The van der Waals surface area contributed by atoms with Crippen LogP contribution < -0.4 is 5.32 Å². The molecule has 4 nitrogen and oxygen atoms in total. The number of nitrogens with one attached hydrogen (secondary N) is 1. The third kappa shape index (κ3) is 3.08. The maximum absolute atomic E-state index is 13.1. The summed E-state index contributed by atoms with van der Waals surface area (Å²) in [6.45, 7) is 0.582. The lowest BCUT2D eigenvalue weighted by atomic mass is 10.1. The van der Waals surface area contributed by atoms with Crippen molar-refractivity contribution in [1.29, 1.82) is 0 Å². The quantitative estimate of drug-likeness (QED) is 0.721. The lowest BCUT2D eigenvalue weighted by Gasteiger charge is -2.05. The smallest absolute Gasteiger partial charge is 0.291 e. The molecule has 1 N–H and O–H groups in total. The molecule has 3 aromatic rings. The third-order valence-electron chi connectivity index (χ3n) is 4.03. The highest BCUT2D eigenvalue weighted by Crippen LogP contribution is 2.27. The van der Waals surface area contributed by atoms with Crippen LogP contribution in [-0.4, -0.2) is 14.9 Å². The van der Waals surface area contributed by atoms with Gasteiger partial charge in [0, 0.05) is 41.0 Å². The van der Waals surface area contributed by atoms with Crippen LogP contribution in [-0.2, 0) is 11.3 Å². The van der Waals surface area contributed by atoms with Crippen LogP contribution >= 0.6 is 11.8 Å². The average Bonchev–Trinajstić information content (AvgIpc) is 3.10. The number of rotatable bonds is 3. The van der Waals surface area contributed by atoms with E-state index in [9.17, 15) is 14.0 Å². The second kappa shape index (κ2) is 6.22. The number of thioether (sulfide) groups is 1. The summed E-state index contributed by atoms with van der Waals surface area (Å²) in [4.78, 5) is 23.2. The Morgan fingerprint density at radius 1 is 1.08 bits per heavy atom.